The van der Waals surface area contributed by atoms with Crippen LogP contribution in [0.25, 0.3) is 0 Å². The average Bonchev–Trinajstić information content (AvgIpc) is 2.38. The van der Waals surface area contributed by atoms with Crippen LogP contribution in [-0.2, 0) is 0 Å². The van der Waals surface area contributed by atoms with Gasteiger partial charge >= 0.3 is 0 Å². The Morgan fingerprint density at radius 2 is 2.22 bits per heavy atom. The van der Waals surface area contributed by atoms with Gasteiger partial charge < -0.3 is 5.32 Å². The maximum atomic E-state index is 6.29. The summed E-state index contributed by atoms with van der Waals surface area (Å²) in [4.78, 5) is 8.45. The summed E-state index contributed by atoms with van der Waals surface area (Å²) in [7, 11) is 0. The van der Waals surface area contributed by atoms with Crippen molar-refractivity contribution in [2.45, 2.75) is 13.0 Å². The van der Waals surface area contributed by atoms with E-state index in [0.717, 1.165) is 22.3 Å². The lowest BCUT2D eigenvalue weighted by molar-refractivity contribution is 0.613. The highest BCUT2D eigenvalue weighted by molar-refractivity contribution is 9.10. The van der Waals surface area contributed by atoms with Gasteiger partial charge in [0.25, 0.3) is 0 Å². The Hall–Kier alpha value is -0.970. The van der Waals surface area contributed by atoms with Crippen LogP contribution in [0.3, 0.4) is 0 Å². The predicted octanol–water partition coefficient (Wildman–Crippen LogP) is 3.59. The van der Waals surface area contributed by atoms with Crippen LogP contribution < -0.4 is 5.32 Å². The summed E-state index contributed by atoms with van der Waals surface area (Å²) in [6.45, 7) is 2.88. The summed E-state index contributed by atoms with van der Waals surface area (Å²) in [6.07, 6.45) is 5.10. The highest BCUT2D eigenvalue weighted by Crippen LogP contribution is 2.29. The third kappa shape index (κ3) is 3.07. The summed E-state index contributed by atoms with van der Waals surface area (Å²) in [5.41, 5.74) is 1.87. The fraction of sp³-hybridized carbons (Fsp3) is 0.231. The molecule has 1 atom stereocenters. The van der Waals surface area contributed by atoms with Crippen LogP contribution in [0.5, 0.6) is 0 Å². The zero-order chi connectivity index (χ0) is 13.0. The molecule has 3 nitrogen and oxygen atoms in total. The van der Waals surface area contributed by atoms with Gasteiger partial charge in [0, 0.05) is 21.9 Å². The van der Waals surface area contributed by atoms with Crippen LogP contribution in [0.2, 0.25) is 5.02 Å². The van der Waals surface area contributed by atoms with Crippen molar-refractivity contribution < 1.29 is 0 Å². The first-order chi connectivity index (χ1) is 8.72. The van der Waals surface area contributed by atoms with Crippen molar-refractivity contribution in [1.82, 2.24) is 15.3 Å². The molecule has 0 fully saturated rings. The van der Waals surface area contributed by atoms with E-state index in [-0.39, 0.29) is 6.04 Å². The Bertz CT molecular complexity index is 519. The molecule has 0 bridgehead atoms. The minimum absolute atomic E-state index is 0.0377. The first kappa shape index (κ1) is 13.5. The Morgan fingerprint density at radius 3 is 2.83 bits per heavy atom. The van der Waals surface area contributed by atoms with Gasteiger partial charge in [-0.2, -0.15) is 0 Å². The van der Waals surface area contributed by atoms with Crippen molar-refractivity contribution in [3.63, 3.8) is 0 Å². The molecule has 0 amide bonds. The molecular formula is C13H13BrClN3. The number of nitrogens with zero attached hydrogens (tertiary/aromatic N) is 2. The third-order valence-electron chi connectivity index (χ3n) is 2.56. The third-order valence-corrected chi connectivity index (χ3v) is 3.38. The van der Waals surface area contributed by atoms with E-state index in [2.05, 4.69) is 38.1 Å². The van der Waals surface area contributed by atoms with Crippen molar-refractivity contribution in [2.75, 3.05) is 6.54 Å². The highest BCUT2D eigenvalue weighted by Gasteiger charge is 2.17. The predicted molar refractivity (Wildman–Crippen MR) is 76.7 cm³/mol. The lowest BCUT2D eigenvalue weighted by atomic mass is 10.0. The Labute approximate surface area is 120 Å². The van der Waals surface area contributed by atoms with Crippen LogP contribution in [-0.4, -0.2) is 16.5 Å². The average molecular weight is 327 g/mol. The molecule has 18 heavy (non-hydrogen) atoms. The number of halogens is 2. The number of aromatic nitrogens is 2. The van der Waals surface area contributed by atoms with E-state index in [1.54, 1.807) is 18.6 Å². The van der Waals surface area contributed by atoms with Gasteiger partial charge in [0.05, 0.1) is 17.9 Å². The van der Waals surface area contributed by atoms with Gasteiger partial charge in [-0.05, 0) is 24.2 Å². The molecule has 0 saturated carbocycles. The maximum Gasteiger partial charge on any atom is 0.0802 e. The van der Waals surface area contributed by atoms with Gasteiger partial charge in [0.2, 0.25) is 0 Å². The monoisotopic (exact) mass is 325 g/mol. The zero-order valence-corrected chi connectivity index (χ0v) is 12.2. The zero-order valence-electron chi connectivity index (χ0n) is 9.90. The van der Waals surface area contributed by atoms with E-state index < -0.39 is 0 Å². The van der Waals surface area contributed by atoms with Crippen molar-refractivity contribution >= 4 is 27.5 Å². The molecule has 1 aromatic heterocycles. The van der Waals surface area contributed by atoms with Crippen LogP contribution in [0, 0.1) is 0 Å². The van der Waals surface area contributed by atoms with E-state index in [0.29, 0.717) is 5.02 Å². The lowest BCUT2D eigenvalue weighted by Gasteiger charge is -2.18. The van der Waals surface area contributed by atoms with Crippen molar-refractivity contribution in [3.05, 3.63) is 57.5 Å². The molecule has 0 aliphatic heterocycles. The van der Waals surface area contributed by atoms with E-state index in [1.807, 2.05) is 18.2 Å². The van der Waals surface area contributed by atoms with Gasteiger partial charge in [-0.15, -0.1) is 0 Å². The molecule has 0 spiro atoms. The van der Waals surface area contributed by atoms with Crippen molar-refractivity contribution in [2.24, 2.45) is 0 Å². The second-order valence-electron chi connectivity index (χ2n) is 3.79. The standard InChI is InChI=1S/C13H13BrClN3/c1-2-17-13(12-8-16-5-6-18-12)10-4-3-9(14)7-11(10)15/h3-8,13,17H,2H2,1H3. The second-order valence-corrected chi connectivity index (χ2v) is 5.11. The lowest BCUT2D eigenvalue weighted by Crippen LogP contribution is -2.23. The van der Waals surface area contributed by atoms with Crippen molar-refractivity contribution in [1.29, 1.82) is 0 Å². The summed E-state index contributed by atoms with van der Waals surface area (Å²) >= 11 is 9.70. The Kier molecular flexibility index (Phi) is 4.69. The van der Waals surface area contributed by atoms with E-state index in [9.17, 15) is 0 Å². The molecule has 0 radical (unpaired) electrons. The van der Waals surface area contributed by atoms with E-state index >= 15 is 0 Å². The molecule has 1 aromatic carbocycles. The van der Waals surface area contributed by atoms with E-state index in [4.69, 9.17) is 11.6 Å². The van der Waals surface area contributed by atoms with Gasteiger partial charge in [0.1, 0.15) is 0 Å². The number of nitrogens with one attached hydrogen (secondary N) is 1. The number of benzene rings is 1. The van der Waals surface area contributed by atoms with E-state index in [1.165, 1.54) is 0 Å². The molecule has 0 aliphatic carbocycles. The van der Waals surface area contributed by atoms with Gasteiger partial charge in [-0.3, -0.25) is 9.97 Å². The maximum absolute atomic E-state index is 6.29. The molecular weight excluding hydrogens is 314 g/mol. The molecule has 2 aromatic rings. The van der Waals surface area contributed by atoms with Gasteiger partial charge in [-0.25, -0.2) is 0 Å². The Morgan fingerprint density at radius 1 is 1.39 bits per heavy atom. The van der Waals surface area contributed by atoms with Crippen molar-refractivity contribution in [3.8, 4) is 0 Å². The molecule has 1 unspecified atom stereocenters. The molecule has 2 rings (SSSR count). The number of rotatable bonds is 4. The molecule has 0 aliphatic rings. The molecule has 5 heteroatoms. The molecule has 1 heterocycles. The van der Waals surface area contributed by atoms with Crippen LogP contribution in [0.4, 0.5) is 0 Å². The normalized spacial score (nSPS) is 12.4. The number of hydrogen-bond donors (Lipinski definition) is 1. The Balaban J connectivity index is 2.41. The molecule has 1 N–H and O–H groups in total. The first-order valence-electron chi connectivity index (χ1n) is 5.66. The summed E-state index contributed by atoms with van der Waals surface area (Å²) in [6, 6.07) is 5.82. The fourth-order valence-electron chi connectivity index (χ4n) is 1.77. The second kappa shape index (κ2) is 6.27. The topological polar surface area (TPSA) is 37.8 Å². The van der Waals surface area contributed by atoms with Crippen LogP contribution >= 0.6 is 27.5 Å². The molecule has 0 saturated heterocycles. The minimum Gasteiger partial charge on any atom is -0.305 e. The van der Waals surface area contributed by atoms with Crippen LogP contribution in [0.15, 0.2) is 41.3 Å². The quantitative estimate of drug-likeness (QED) is 0.933. The van der Waals surface area contributed by atoms with Gasteiger partial charge in [0.15, 0.2) is 0 Å². The summed E-state index contributed by atoms with van der Waals surface area (Å²) in [5, 5.41) is 4.08. The smallest absolute Gasteiger partial charge is 0.0802 e. The summed E-state index contributed by atoms with van der Waals surface area (Å²) in [5.74, 6) is 0. The minimum atomic E-state index is -0.0377. The largest absolute Gasteiger partial charge is 0.305 e. The van der Waals surface area contributed by atoms with Crippen LogP contribution in [0.1, 0.15) is 24.2 Å². The first-order valence-corrected chi connectivity index (χ1v) is 6.83. The highest BCUT2D eigenvalue weighted by atomic mass is 79.9. The summed E-state index contributed by atoms with van der Waals surface area (Å²) < 4.78 is 0.964. The molecule has 94 valence electrons. The fourth-order valence-corrected chi connectivity index (χ4v) is 2.56. The number of hydrogen-bond acceptors (Lipinski definition) is 3. The SMILES string of the molecule is CCNC(c1cnccn1)c1ccc(Br)cc1Cl. The van der Waals surface area contributed by atoms with Gasteiger partial charge in [-0.1, -0.05) is 40.5 Å².